The lowest BCUT2D eigenvalue weighted by atomic mass is 10.1. The summed E-state index contributed by atoms with van der Waals surface area (Å²) in [6.07, 6.45) is 1.18. The Kier molecular flexibility index (Phi) is 7.28. The van der Waals surface area contributed by atoms with E-state index < -0.39 is 0 Å². The number of carbonyl (C=O) groups excluding carboxylic acids is 1. The molecule has 1 saturated heterocycles. The zero-order chi connectivity index (χ0) is 23.2. The molecule has 10 nitrogen and oxygen atoms in total. The van der Waals surface area contributed by atoms with Crippen LogP contribution in [-0.4, -0.2) is 69.9 Å². The van der Waals surface area contributed by atoms with Crippen molar-refractivity contribution in [3.8, 4) is 17.1 Å². The highest BCUT2D eigenvalue weighted by molar-refractivity contribution is 5.93. The third-order valence-electron chi connectivity index (χ3n) is 5.20. The predicted molar refractivity (Wildman–Crippen MR) is 119 cm³/mol. The van der Waals surface area contributed by atoms with Gasteiger partial charge in [0.05, 0.1) is 33.5 Å². The molecule has 2 atom stereocenters. The molecular formula is C23H27N5O5. The number of hydrogen-bond acceptors (Lipinski definition) is 8. The molecule has 3 aromatic rings. The zero-order valence-electron chi connectivity index (χ0n) is 18.6. The average Bonchev–Trinajstić information content (AvgIpc) is 3.31. The minimum absolute atomic E-state index is 0.0585. The molecule has 1 aromatic carbocycles. The number of pyridine rings is 1. The van der Waals surface area contributed by atoms with Gasteiger partial charge in [-0.3, -0.25) is 4.79 Å². The van der Waals surface area contributed by atoms with E-state index >= 15 is 0 Å². The predicted octanol–water partition coefficient (Wildman–Crippen LogP) is 1.36. The highest BCUT2D eigenvalue weighted by Crippen LogP contribution is 2.18. The lowest BCUT2D eigenvalue weighted by Crippen LogP contribution is -2.39. The van der Waals surface area contributed by atoms with Crippen molar-refractivity contribution in [2.45, 2.75) is 32.2 Å². The van der Waals surface area contributed by atoms with E-state index in [1.54, 1.807) is 24.2 Å². The minimum Gasteiger partial charge on any atom is -0.497 e. The van der Waals surface area contributed by atoms with Crippen molar-refractivity contribution in [1.82, 2.24) is 25.1 Å². The van der Waals surface area contributed by atoms with E-state index in [4.69, 9.17) is 19.3 Å². The van der Waals surface area contributed by atoms with Crippen LogP contribution in [0.15, 0.2) is 42.7 Å². The number of nitrogens with one attached hydrogen (secondary N) is 1. The van der Waals surface area contributed by atoms with Crippen molar-refractivity contribution in [3.63, 3.8) is 0 Å². The monoisotopic (exact) mass is 453 g/mol. The lowest BCUT2D eigenvalue weighted by Gasteiger charge is -2.28. The number of aromatic nitrogens is 4. The minimum atomic E-state index is -0.284. The topological polar surface area (TPSA) is 121 Å². The van der Waals surface area contributed by atoms with Crippen LogP contribution in [0.2, 0.25) is 0 Å². The number of benzene rings is 1. The Morgan fingerprint density at radius 2 is 2.06 bits per heavy atom. The first kappa shape index (κ1) is 22.8. The van der Waals surface area contributed by atoms with Gasteiger partial charge in [-0.25, -0.2) is 14.6 Å². The second-order valence-electron chi connectivity index (χ2n) is 7.80. The van der Waals surface area contributed by atoms with E-state index in [1.165, 1.54) is 0 Å². The number of nitrogens with zero attached hydrogens (tertiary/aromatic N) is 4. The molecule has 3 heterocycles. The van der Waals surface area contributed by atoms with Crippen LogP contribution >= 0.6 is 0 Å². The van der Waals surface area contributed by atoms with E-state index in [0.717, 1.165) is 11.3 Å². The Morgan fingerprint density at radius 1 is 1.24 bits per heavy atom. The van der Waals surface area contributed by atoms with Crippen LogP contribution in [0.3, 0.4) is 0 Å². The first-order valence-corrected chi connectivity index (χ1v) is 10.7. The van der Waals surface area contributed by atoms with Crippen LogP contribution in [0.4, 0.5) is 0 Å². The van der Waals surface area contributed by atoms with E-state index in [2.05, 4.69) is 20.4 Å². The molecule has 0 spiro atoms. The quantitative estimate of drug-likeness (QED) is 0.525. The van der Waals surface area contributed by atoms with Crippen LogP contribution in [0.25, 0.3) is 11.4 Å². The lowest BCUT2D eigenvalue weighted by molar-refractivity contribution is -0.149. The summed E-state index contributed by atoms with van der Waals surface area (Å²) in [7, 11) is 1.60. The van der Waals surface area contributed by atoms with Crippen molar-refractivity contribution in [2.24, 2.45) is 0 Å². The molecule has 0 saturated carbocycles. The summed E-state index contributed by atoms with van der Waals surface area (Å²) in [5, 5.41) is 16.5. The van der Waals surface area contributed by atoms with Gasteiger partial charge in [0.25, 0.3) is 5.91 Å². The van der Waals surface area contributed by atoms with Crippen LogP contribution in [0.1, 0.15) is 21.7 Å². The standard InChI is InChI=1S/C23H27N5O5/c1-15-6-17(22-25-14-28(27-22)10-19-12-33-20(11-29)13-32-19)8-21(26-15)23(30)24-9-16-4-3-5-18(7-16)31-2/h3-8,14,19-20,29H,9-13H2,1-2H3,(H,24,30)/t19-,20+/m0/s1. The SMILES string of the molecule is COc1cccc(CNC(=O)c2cc(-c3ncn(C[C@H]4CO[C@H](CO)CO4)n3)cc(C)n2)c1. The van der Waals surface area contributed by atoms with Gasteiger partial charge in [-0.1, -0.05) is 12.1 Å². The number of rotatable bonds is 8. The summed E-state index contributed by atoms with van der Waals surface area (Å²) < 4.78 is 18.1. The largest absolute Gasteiger partial charge is 0.497 e. The maximum Gasteiger partial charge on any atom is 0.270 e. The summed E-state index contributed by atoms with van der Waals surface area (Å²) >= 11 is 0. The number of ether oxygens (including phenoxy) is 3. The summed E-state index contributed by atoms with van der Waals surface area (Å²) in [5.41, 5.74) is 2.61. The molecule has 1 amide bonds. The van der Waals surface area contributed by atoms with Gasteiger partial charge < -0.3 is 24.6 Å². The van der Waals surface area contributed by atoms with Gasteiger partial charge in [0.1, 0.15) is 30.0 Å². The Hall–Kier alpha value is -3.34. The van der Waals surface area contributed by atoms with Crippen LogP contribution < -0.4 is 10.1 Å². The fraction of sp³-hybridized carbons (Fsp3) is 0.391. The van der Waals surface area contributed by atoms with Crippen molar-refractivity contribution in [2.75, 3.05) is 26.9 Å². The fourth-order valence-corrected chi connectivity index (χ4v) is 3.49. The number of amides is 1. The van der Waals surface area contributed by atoms with Gasteiger partial charge in [0.15, 0.2) is 5.82 Å². The van der Waals surface area contributed by atoms with Gasteiger partial charge in [0, 0.05) is 17.8 Å². The molecule has 1 aliphatic heterocycles. The first-order chi connectivity index (χ1) is 16.0. The molecule has 2 aromatic heterocycles. The van der Waals surface area contributed by atoms with Crippen molar-refractivity contribution >= 4 is 5.91 Å². The highest BCUT2D eigenvalue weighted by Gasteiger charge is 2.22. The number of aryl methyl sites for hydroxylation is 1. The van der Waals surface area contributed by atoms with E-state index in [9.17, 15) is 4.79 Å². The molecule has 0 aliphatic carbocycles. The Labute approximate surface area is 191 Å². The summed E-state index contributed by atoms with van der Waals surface area (Å²) in [6.45, 7) is 3.33. The van der Waals surface area contributed by atoms with Crippen molar-refractivity contribution in [1.29, 1.82) is 0 Å². The third-order valence-corrected chi connectivity index (χ3v) is 5.20. The molecule has 4 rings (SSSR count). The first-order valence-electron chi connectivity index (χ1n) is 10.7. The zero-order valence-corrected chi connectivity index (χ0v) is 18.6. The van der Waals surface area contributed by atoms with Crippen molar-refractivity contribution in [3.05, 3.63) is 59.7 Å². The van der Waals surface area contributed by atoms with Crippen LogP contribution in [-0.2, 0) is 22.6 Å². The summed E-state index contributed by atoms with van der Waals surface area (Å²) in [6, 6.07) is 11.0. The van der Waals surface area contributed by atoms with E-state index in [0.29, 0.717) is 49.1 Å². The smallest absolute Gasteiger partial charge is 0.270 e. The Morgan fingerprint density at radius 3 is 2.82 bits per heavy atom. The van der Waals surface area contributed by atoms with Gasteiger partial charge >= 0.3 is 0 Å². The maximum atomic E-state index is 12.7. The second-order valence-corrected chi connectivity index (χ2v) is 7.80. The molecule has 174 valence electrons. The van der Waals surface area contributed by atoms with Crippen LogP contribution in [0.5, 0.6) is 5.75 Å². The van der Waals surface area contributed by atoms with Gasteiger partial charge in [0.2, 0.25) is 0 Å². The molecule has 0 bridgehead atoms. The Bertz CT molecular complexity index is 1090. The molecular weight excluding hydrogens is 426 g/mol. The molecule has 10 heteroatoms. The molecule has 2 N–H and O–H groups in total. The number of carbonyl (C=O) groups is 1. The fourth-order valence-electron chi connectivity index (χ4n) is 3.49. The highest BCUT2D eigenvalue weighted by atomic mass is 16.6. The van der Waals surface area contributed by atoms with Gasteiger partial charge in [-0.2, -0.15) is 5.10 Å². The molecule has 33 heavy (non-hydrogen) atoms. The van der Waals surface area contributed by atoms with E-state index in [1.807, 2.05) is 37.3 Å². The summed E-state index contributed by atoms with van der Waals surface area (Å²) in [4.78, 5) is 21.5. The maximum absolute atomic E-state index is 12.7. The second kappa shape index (κ2) is 10.5. The molecule has 0 radical (unpaired) electrons. The Balaban J connectivity index is 1.41. The van der Waals surface area contributed by atoms with Gasteiger partial charge in [-0.15, -0.1) is 0 Å². The normalized spacial score (nSPS) is 18.2. The van der Waals surface area contributed by atoms with Gasteiger partial charge in [-0.05, 0) is 36.8 Å². The molecule has 1 fully saturated rings. The number of methoxy groups -OCH3 is 1. The number of aliphatic hydroxyl groups excluding tert-OH is 1. The molecule has 1 aliphatic rings. The third kappa shape index (κ3) is 5.92. The number of aliphatic hydroxyl groups is 1. The van der Waals surface area contributed by atoms with E-state index in [-0.39, 0.29) is 24.7 Å². The number of hydrogen-bond donors (Lipinski definition) is 2. The summed E-state index contributed by atoms with van der Waals surface area (Å²) in [5.74, 6) is 0.943. The van der Waals surface area contributed by atoms with Crippen LogP contribution in [0, 0.1) is 6.92 Å². The molecule has 0 unspecified atom stereocenters. The average molecular weight is 453 g/mol. The van der Waals surface area contributed by atoms with Crippen molar-refractivity contribution < 1.29 is 24.1 Å².